The van der Waals surface area contributed by atoms with E-state index in [1.807, 2.05) is 6.07 Å². The molecule has 0 saturated heterocycles. The number of phenols is 1. The molecule has 1 aliphatic rings. The van der Waals surface area contributed by atoms with E-state index >= 15 is 0 Å². The zero-order valence-corrected chi connectivity index (χ0v) is 13.7. The molecule has 0 aliphatic carbocycles. The Kier molecular flexibility index (Phi) is 4.98. The number of hydrogen-bond acceptors (Lipinski definition) is 7. The molecule has 1 atom stereocenters. The van der Waals surface area contributed by atoms with Gasteiger partial charge in [-0.1, -0.05) is 6.07 Å². The fourth-order valence-electron chi connectivity index (χ4n) is 2.62. The molecule has 2 rings (SSSR count). The maximum Gasteiger partial charge on any atom is 0.338 e. The number of nitriles is 1. The third-order valence-corrected chi connectivity index (χ3v) is 3.72. The lowest BCUT2D eigenvalue weighted by atomic mass is 9.82. The largest absolute Gasteiger partial charge is 0.507 e. The minimum absolute atomic E-state index is 0.00485. The van der Waals surface area contributed by atoms with Gasteiger partial charge in [0.05, 0.1) is 23.7 Å². The molecule has 1 aromatic rings. The molecule has 0 radical (unpaired) electrons. The van der Waals surface area contributed by atoms with Crippen molar-refractivity contribution in [1.29, 1.82) is 5.26 Å². The molecular weight excluding hydrogens is 326 g/mol. The van der Waals surface area contributed by atoms with Crippen LogP contribution in [0.4, 0.5) is 0 Å². The summed E-state index contributed by atoms with van der Waals surface area (Å²) in [5, 5.41) is 19.2. The summed E-state index contributed by atoms with van der Waals surface area (Å²) in [6.07, 6.45) is 0. The van der Waals surface area contributed by atoms with Gasteiger partial charge in [0.25, 0.3) is 5.91 Å². The van der Waals surface area contributed by atoms with Crippen LogP contribution >= 0.6 is 0 Å². The van der Waals surface area contributed by atoms with Crippen molar-refractivity contribution in [2.24, 2.45) is 11.5 Å². The Balaban J connectivity index is 2.69. The van der Waals surface area contributed by atoms with Crippen LogP contribution in [0.25, 0.3) is 0 Å². The van der Waals surface area contributed by atoms with Gasteiger partial charge in [0.15, 0.2) is 0 Å². The first-order chi connectivity index (χ1) is 11.8. The van der Waals surface area contributed by atoms with Crippen LogP contribution < -0.4 is 11.5 Å². The van der Waals surface area contributed by atoms with E-state index in [-0.39, 0.29) is 40.7 Å². The highest BCUT2D eigenvalue weighted by Crippen LogP contribution is 2.40. The van der Waals surface area contributed by atoms with Gasteiger partial charge < -0.3 is 26.0 Å². The van der Waals surface area contributed by atoms with E-state index in [0.29, 0.717) is 5.56 Å². The van der Waals surface area contributed by atoms with E-state index in [1.54, 1.807) is 6.92 Å². The van der Waals surface area contributed by atoms with Crippen molar-refractivity contribution in [3.05, 3.63) is 52.1 Å². The third-order valence-electron chi connectivity index (χ3n) is 3.72. The smallest absolute Gasteiger partial charge is 0.338 e. The number of aromatic hydroxyl groups is 1. The summed E-state index contributed by atoms with van der Waals surface area (Å²) in [6, 6.07) is 5.96. The average molecular weight is 343 g/mol. The molecule has 8 nitrogen and oxygen atoms in total. The molecule has 1 heterocycles. The van der Waals surface area contributed by atoms with E-state index < -0.39 is 17.8 Å². The number of nitrogens with zero attached hydrogens (tertiary/aromatic N) is 1. The lowest BCUT2D eigenvalue weighted by Crippen LogP contribution is -2.25. The minimum atomic E-state index is -0.906. The number of carbonyl (C=O) groups is 2. The molecule has 0 aromatic heterocycles. The number of amides is 1. The number of nitrogens with two attached hydrogens (primary N) is 2. The highest BCUT2D eigenvalue weighted by atomic mass is 16.5. The summed E-state index contributed by atoms with van der Waals surface area (Å²) in [6.45, 7) is 3.30. The summed E-state index contributed by atoms with van der Waals surface area (Å²) in [4.78, 5) is 23.9. The summed E-state index contributed by atoms with van der Waals surface area (Å²) in [5.74, 6) is -2.69. The Bertz CT molecular complexity index is 848. The van der Waals surface area contributed by atoms with Gasteiger partial charge in [-0.05, 0) is 31.5 Å². The molecule has 130 valence electrons. The standard InChI is InChI=1S/C17H17N3O5/c1-3-24-17(23)13-8(2)25-16(20)11(7-18)14(13)9-4-5-12(21)10(6-9)15(19)22/h4-6,14,21H,3,20H2,1-2H3,(H2,19,22). The van der Waals surface area contributed by atoms with Crippen molar-refractivity contribution in [2.75, 3.05) is 6.61 Å². The van der Waals surface area contributed by atoms with Crippen molar-refractivity contribution in [2.45, 2.75) is 19.8 Å². The van der Waals surface area contributed by atoms with E-state index in [4.69, 9.17) is 20.9 Å². The normalized spacial score (nSPS) is 16.9. The first-order valence-electron chi connectivity index (χ1n) is 7.40. The van der Waals surface area contributed by atoms with Crippen LogP contribution in [0.1, 0.15) is 35.7 Å². The van der Waals surface area contributed by atoms with Crippen molar-refractivity contribution >= 4 is 11.9 Å². The number of allylic oxidation sites excluding steroid dienone is 2. The number of rotatable bonds is 4. The molecule has 1 amide bonds. The Labute approximate surface area is 143 Å². The molecule has 0 spiro atoms. The maximum absolute atomic E-state index is 12.4. The van der Waals surface area contributed by atoms with Gasteiger partial charge in [-0.15, -0.1) is 0 Å². The SMILES string of the molecule is CCOC(=O)C1=C(C)OC(N)=C(C#N)C1c1ccc(O)c(C(N)=O)c1. The molecule has 25 heavy (non-hydrogen) atoms. The Morgan fingerprint density at radius 2 is 2.12 bits per heavy atom. The summed E-state index contributed by atoms with van der Waals surface area (Å²) >= 11 is 0. The molecule has 5 N–H and O–H groups in total. The van der Waals surface area contributed by atoms with Crippen LogP contribution in [0.3, 0.4) is 0 Å². The highest BCUT2D eigenvalue weighted by Gasteiger charge is 2.36. The molecule has 1 aromatic carbocycles. The second-order valence-corrected chi connectivity index (χ2v) is 5.26. The third kappa shape index (κ3) is 3.26. The summed E-state index contributed by atoms with van der Waals surface area (Å²) in [5.41, 5.74) is 11.3. The van der Waals surface area contributed by atoms with E-state index in [1.165, 1.54) is 25.1 Å². The van der Waals surface area contributed by atoms with Gasteiger partial charge in [-0.25, -0.2) is 4.79 Å². The number of primary amides is 1. The predicted molar refractivity (Wildman–Crippen MR) is 86.6 cm³/mol. The number of esters is 1. The Morgan fingerprint density at radius 1 is 1.44 bits per heavy atom. The van der Waals surface area contributed by atoms with Crippen molar-refractivity contribution in [3.63, 3.8) is 0 Å². The number of carbonyl (C=O) groups excluding carboxylic acids is 2. The second kappa shape index (κ2) is 6.97. The highest BCUT2D eigenvalue weighted by molar-refractivity contribution is 5.96. The zero-order valence-electron chi connectivity index (χ0n) is 13.7. The van der Waals surface area contributed by atoms with Gasteiger partial charge in [-0.2, -0.15) is 5.26 Å². The number of hydrogen-bond donors (Lipinski definition) is 3. The second-order valence-electron chi connectivity index (χ2n) is 5.26. The van der Waals surface area contributed by atoms with Crippen LogP contribution in [-0.4, -0.2) is 23.6 Å². The van der Waals surface area contributed by atoms with Gasteiger partial charge in [0.2, 0.25) is 5.88 Å². The minimum Gasteiger partial charge on any atom is -0.507 e. The molecule has 8 heteroatoms. The van der Waals surface area contributed by atoms with Crippen LogP contribution in [-0.2, 0) is 14.3 Å². The van der Waals surface area contributed by atoms with Crippen LogP contribution in [0.5, 0.6) is 5.75 Å². The molecular formula is C17H17N3O5. The van der Waals surface area contributed by atoms with E-state index in [0.717, 1.165) is 0 Å². The van der Waals surface area contributed by atoms with Crippen molar-refractivity contribution < 1.29 is 24.2 Å². The van der Waals surface area contributed by atoms with Crippen LogP contribution in [0.2, 0.25) is 0 Å². The van der Waals surface area contributed by atoms with Gasteiger partial charge in [0, 0.05) is 0 Å². The molecule has 1 aliphatic heterocycles. The average Bonchev–Trinajstić information content (AvgIpc) is 2.54. The van der Waals surface area contributed by atoms with Gasteiger partial charge >= 0.3 is 5.97 Å². The monoisotopic (exact) mass is 343 g/mol. The molecule has 1 unspecified atom stereocenters. The number of benzene rings is 1. The fraction of sp³-hybridized carbons (Fsp3) is 0.235. The zero-order chi connectivity index (χ0) is 18.7. The molecule has 0 fully saturated rings. The van der Waals surface area contributed by atoms with Gasteiger partial charge in [-0.3, -0.25) is 4.79 Å². The van der Waals surface area contributed by atoms with E-state index in [9.17, 15) is 20.0 Å². The lowest BCUT2D eigenvalue weighted by molar-refractivity contribution is -0.139. The van der Waals surface area contributed by atoms with Gasteiger partial charge in [0.1, 0.15) is 23.2 Å². The van der Waals surface area contributed by atoms with Crippen LogP contribution in [0.15, 0.2) is 41.0 Å². The number of ether oxygens (including phenoxy) is 2. The molecule has 0 saturated carbocycles. The van der Waals surface area contributed by atoms with Crippen LogP contribution in [0, 0.1) is 11.3 Å². The first kappa shape index (κ1) is 17.9. The topological polar surface area (TPSA) is 149 Å². The fourth-order valence-corrected chi connectivity index (χ4v) is 2.62. The molecule has 0 bridgehead atoms. The summed E-state index contributed by atoms with van der Waals surface area (Å²) < 4.78 is 10.3. The Hall–Kier alpha value is -3.47. The quantitative estimate of drug-likeness (QED) is 0.694. The van der Waals surface area contributed by atoms with Crippen molar-refractivity contribution in [1.82, 2.24) is 0 Å². The lowest BCUT2D eigenvalue weighted by Gasteiger charge is -2.27. The summed E-state index contributed by atoms with van der Waals surface area (Å²) in [7, 11) is 0. The predicted octanol–water partition coefficient (Wildman–Crippen LogP) is 1.14. The maximum atomic E-state index is 12.4. The van der Waals surface area contributed by atoms with E-state index in [2.05, 4.69) is 0 Å². The van der Waals surface area contributed by atoms with Crippen molar-refractivity contribution in [3.8, 4) is 11.8 Å². The Morgan fingerprint density at radius 3 is 2.68 bits per heavy atom. The first-order valence-corrected chi connectivity index (χ1v) is 7.40.